The minimum absolute atomic E-state index is 0.0134. The van der Waals surface area contributed by atoms with Gasteiger partial charge >= 0.3 is 12.1 Å². The quantitative estimate of drug-likeness (QED) is 0.315. The third-order valence-electron chi connectivity index (χ3n) is 3.40. The first-order valence-corrected chi connectivity index (χ1v) is 9.06. The van der Waals surface area contributed by atoms with E-state index in [-0.39, 0.29) is 27.8 Å². The van der Waals surface area contributed by atoms with Crippen molar-refractivity contribution in [2.45, 2.75) is 16.8 Å². The summed E-state index contributed by atoms with van der Waals surface area (Å²) in [5, 5.41) is 0.0134. The van der Waals surface area contributed by atoms with Crippen LogP contribution in [0, 0.1) is 0 Å². The first-order chi connectivity index (χ1) is 12.7. The summed E-state index contributed by atoms with van der Waals surface area (Å²) >= 11 is 6.69. The molecular formula is C19H16ClF3O3S. The van der Waals surface area contributed by atoms with Crippen LogP contribution in [0.15, 0.2) is 53.9 Å². The molecule has 2 rings (SSSR count). The van der Waals surface area contributed by atoms with Crippen molar-refractivity contribution >= 4 is 29.3 Å². The van der Waals surface area contributed by atoms with E-state index in [2.05, 4.69) is 6.58 Å². The first kappa shape index (κ1) is 21.2. The van der Waals surface area contributed by atoms with E-state index in [1.807, 2.05) is 0 Å². The molecule has 0 amide bonds. The summed E-state index contributed by atoms with van der Waals surface area (Å²) in [7, 11) is 1.25. The average Bonchev–Trinajstić information content (AvgIpc) is 2.63. The second kappa shape index (κ2) is 9.19. The van der Waals surface area contributed by atoms with E-state index in [0.717, 1.165) is 17.8 Å². The van der Waals surface area contributed by atoms with Crippen LogP contribution in [-0.2, 0) is 16.7 Å². The Balaban J connectivity index is 2.29. The topological polar surface area (TPSA) is 35.5 Å². The fourth-order valence-corrected chi connectivity index (χ4v) is 3.38. The number of thioether (sulfide) groups is 1. The highest BCUT2D eigenvalue weighted by atomic mass is 35.5. The highest BCUT2D eigenvalue weighted by Gasteiger charge is 2.33. The van der Waals surface area contributed by atoms with Crippen molar-refractivity contribution in [3.63, 3.8) is 0 Å². The number of ether oxygens (including phenoxy) is 2. The Kier molecular flexibility index (Phi) is 7.21. The van der Waals surface area contributed by atoms with Crippen LogP contribution in [0.5, 0.6) is 5.75 Å². The van der Waals surface area contributed by atoms with Gasteiger partial charge in [0, 0.05) is 15.7 Å². The lowest BCUT2D eigenvalue weighted by Crippen LogP contribution is -2.07. The molecule has 0 saturated heterocycles. The maximum absolute atomic E-state index is 13.2. The van der Waals surface area contributed by atoms with Gasteiger partial charge in [-0.15, -0.1) is 11.8 Å². The number of methoxy groups -OCH3 is 1. The van der Waals surface area contributed by atoms with E-state index < -0.39 is 17.7 Å². The number of hydrogen-bond acceptors (Lipinski definition) is 4. The Morgan fingerprint density at radius 2 is 2.00 bits per heavy atom. The first-order valence-electron chi connectivity index (χ1n) is 7.70. The van der Waals surface area contributed by atoms with Crippen molar-refractivity contribution in [3.05, 3.63) is 70.8 Å². The summed E-state index contributed by atoms with van der Waals surface area (Å²) in [5.74, 6) is 0.0355. The molecule has 0 fully saturated rings. The van der Waals surface area contributed by atoms with E-state index in [4.69, 9.17) is 21.1 Å². The minimum atomic E-state index is -4.51. The van der Waals surface area contributed by atoms with Crippen LogP contribution in [0.3, 0.4) is 0 Å². The lowest BCUT2D eigenvalue weighted by Gasteiger charge is -2.14. The van der Waals surface area contributed by atoms with E-state index >= 15 is 0 Å². The Morgan fingerprint density at radius 3 is 2.63 bits per heavy atom. The number of benzene rings is 2. The summed E-state index contributed by atoms with van der Waals surface area (Å²) in [5.41, 5.74) is 0.0686. The zero-order chi connectivity index (χ0) is 20.0. The maximum Gasteiger partial charge on any atom is 0.417 e. The predicted octanol–water partition coefficient (Wildman–Crippen LogP) is 6.00. The molecule has 0 spiro atoms. The van der Waals surface area contributed by atoms with Gasteiger partial charge in [0.1, 0.15) is 12.4 Å². The largest absolute Gasteiger partial charge is 0.490 e. The molecule has 0 heterocycles. The number of halogens is 4. The van der Waals surface area contributed by atoms with Gasteiger partial charge in [0.25, 0.3) is 0 Å². The molecule has 0 aliphatic carbocycles. The molecule has 3 nitrogen and oxygen atoms in total. The fourth-order valence-electron chi connectivity index (χ4n) is 2.23. The summed E-state index contributed by atoms with van der Waals surface area (Å²) < 4.78 is 49.8. The van der Waals surface area contributed by atoms with E-state index in [0.29, 0.717) is 11.3 Å². The minimum Gasteiger partial charge on any atom is -0.490 e. The molecule has 0 aliphatic heterocycles. The van der Waals surface area contributed by atoms with Crippen molar-refractivity contribution < 1.29 is 27.4 Å². The molecule has 2 aromatic carbocycles. The van der Waals surface area contributed by atoms with E-state index in [1.165, 1.54) is 25.3 Å². The van der Waals surface area contributed by atoms with Crippen LogP contribution < -0.4 is 4.74 Å². The molecule has 0 bridgehead atoms. The molecule has 0 aromatic heterocycles. The highest BCUT2D eigenvalue weighted by Crippen LogP contribution is 2.39. The Hall–Kier alpha value is -2.12. The van der Waals surface area contributed by atoms with Crippen LogP contribution in [0.1, 0.15) is 21.5 Å². The van der Waals surface area contributed by atoms with Crippen molar-refractivity contribution in [2.75, 3.05) is 13.7 Å². The fraction of sp³-hybridized carbons (Fsp3) is 0.211. The third kappa shape index (κ3) is 5.94. The van der Waals surface area contributed by atoms with E-state index in [1.54, 1.807) is 18.2 Å². The van der Waals surface area contributed by atoms with E-state index in [9.17, 15) is 18.0 Å². The monoisotopic (exact) mass is 416 g/mol. The van der Waals surface area contributed by atoms with Gasteiger partial charge in [-0.25, -0.2) is 4.79 Å². The van der Waals surface area contributed by atoms with Gasteiger partial charge in [-0.2, -0.15) is 13.2 Å². The summed E-state index contributed by atoms with van der Waals surface area (Å²) in [6.45, 7) is 3.78. The lowest BCUT2D eigenvalue weighted by atomic mass is 10.1. The van der Waals surface area contributed by atoms with Crippen LogP contribution in [0.25, 0.3) is 0 Å². The number of carbonyl (C=O) groups is 1. The molecule has 0 N–H and O–H groups in total. The second-order valence-corrected chi connectivity index (χ2v) is 6.84. The maximum atomic E-state index is 13.2. The standard InChI is InChI=1S/C19H16ClF3O3S/c1-3-6-26-15-8-12(7-13(9-15)18(24)25-2)11-27-17-5-4-14(20)10-16(17)19(21,22)23/h3-5,7-10H,1,6,11H2,2H3. The smallest absolute Gasteiger partial charge is 0.417 e. The molecule has 0 radical (unpaired) electrons. The van der Waals surface area contributed by atoms with Crippen LogP contribution in [-0.4, -0.2) is 19.7 Å². The summed E-state index contributed by atoms with van der Waals surface area (Å²) in [6.07, 6.45) is -2.97. The predicted molar refractivity (Wildman–Crippen MR) is 99.5 cm³/mol. The van der Waals surface area contributed by atoms with Gasteiger partial charge in [0.05, 0.1) is 18.2 Å². The summed E-state index contributed by atoms with van der Waals surface area (Å²) in [6, 6.07) is 8.35. The SMILES string of the molecule is C=CCOc1cc(CSc2ccc(Cl)cc2C(F)(F)F)cc(C(=O)OC)c1. The highest BCUT2D eigenvalue weighted by molar-refractivity contribution is 7.98. The zero-order valence-corrected chi connectivity index (χ0v) is 15.9. The third-order valence-corrected chi connectivity index (χ3v) is 4.78. The second-order valence-electron chi connectivity index (χ2n) is 5.38. The van der Waals surface area contributed by atoms with Crippen molar-refractivity contribution in [1.29, 1.82) is 0 Å². The van der Waals surface area contributed by atoms with Gasteiger partial charge in [0.15, 0.2) is 0 Å². The molecule has 2 aromatic rings. The number of alkyl halides is 3. The number of rotatable bonds is 7. The van der Waals surface area contributed by atoms with Crippen molar-refractivity contribution in [1.82, 2.24) is 0 Å². The van der Waals surface area contributed by atoms with Gasteiger partial charge < -0.3 is 9.47 Å². The van der Waals surface area contributed by atoms with Crippen LogP contribution >= 0.6 is 23.4 Å². The number of hydrogen-bond donors (Lipinski definition) is 0. The van der Waals surface area contributed by atoms with Gasteiger partial charge in [-0.05, 0) is 42.0 Å². The average molecular weight is 417 g/mol. The number of carbonyl (C=O) groups excluding carboxylic acids is 1. The lowest BCUT2D eigenvalue weighted by molar-refractivity contribution is -0.139. The molecule has 0 saturated carbocycles. The molecule has 27 heavy (non-hydrogen) atoms. The molecule has 0 unspecified atom stereocenters. The normalized spacial score (nSPS) is 11.1. The van der Waals surface area contributed by atoms with Crippen molar-refractivity contribution in [2.24, 2.45) is 0 Å². The molecule has 0 aliphatic rings. The summed E-state index contributed by atoms with van der Waals surface area (Å²) in [4.78, 5) is 11.9. The van der Waals surface area contributed by atoms with Gasteiger partial charge in [0.2, 0.25) is 0 Å². The number of esters is 1. The van der Waals surface area contributed by atoms with Gasteiger partial charge in [-0.3, -0.25) is 0 Å². The molecule has 0 atom stereocenters. The van der Waals surface area contributed by atoms with Crippen LogP contribution in [0.4, 0.5) is 13.2 Å². The zero-order valence-electron chi connectivity index (χ0n) is 14.3. The molecule has 144 valence electrons. The Bertz CT molecular complexity index is 837. The Labute approximate surface area is 164 Å². The van der Waals surface area contributed by atoms with Crippen molar-refractivity contribution in [3.8, 4) is 5.75 Å². The van der Waals surface area contributed by atoms with Crippen LogP contribution in [0.2, 0.25) is 5.02 Å². The molecular weight excluding hydrogens is 401 g/mol. The van der Waals surface area contributed by atoms with Gasteiger partial charge in [-0.1, -0.05) is 24.3 Å². The Morgan fingerprint density at radius 1 is 1.26 bits per heavy atom. The molecule has 8 heteroatoms.